The summed E-state index contributed by atoms with van der Waals surface area (Å²) < 4.78 is 1.83. The summed E-state index contributed by atoms with van der Waals surface area (Å²) in [5.41, 5.74) is 4.03. The number of piperidine rings is 1. The van der Waals surface area contributed by atoms with Gasteiger partial charge in [-0.3, -0.25) is 24.3 Å². The number of hydrogen-bond donors (Lipinski definition) is 3. The zero-order chi connectivity index (χ0) is 29.0. The molecule has 0 spiro atoms. The number of aryl methyl sites for hydroxylation is 1. The van der Waals surface area contributed by atoms with Gasteiger partial charge in [0.25, 0.3) is 0 Å². The van der Waals surface area contributed by atoms with E-state index in [9.17, 15) is 9.59 Å². The Morgan fingerprint density at radius 1 is 1.20 bits per heavy atom. The Balaban J connectivity index is 1.43. The van der Waals surface area contributed by atoms with E-state index in [1.54, 1.807) is 13.2 Å². The number of aromatic amines is 1. The zero-order valence-corrected chi connectivity index (χ0v) is 24.4. The van der Waals surface area contributed by atoms with E-state index in [4.69, 9.17) is 0 Å². The zero-order valence-electron chi connectivity index (χ0n) is 24.4. The average molecular weight is 557 g/mol. The lowest BCUT2D eigenvalue weighted by Crippen LogP contribution is -2.58. The van der Waals surface area contributed by atoms with Crippen LogP contribution in [0.15, 0.2) is 54.9 Å². The number of fused-ring (bicyclic) bond motifs is 1. The second-order valence-corrected chi connectivity index (χ2v) is 11.3. The number of benzene rings is 1. The normalized spacial score (nSPS) is 19.1. The van der Waals surface area contributed by atoms with E-state index in [-0.39, 0.29) is 17.7 Å². The summed E-state index contributed by atoms with van der Waals surface area (Å²) in [4.78, 5) is 33.9. The first-order chi connectivity index (χ1) is 19.8. The van der Waals surface area contributed by atoms with Crippen molar-refractivity contribution in [2.75, 3.05) is 20.1 Å². The maximum atomic E-state index is 14.2. The third-order valence-electron chi connectivity index (χ3n) is 8.54. The van der Waals surface area contributed by atoms with E-state index in [1.165, 1.54) is 0 Å². The van der Waals surface area contributed by atoms with Gasteiger partial charge in [0.2, 0.25) is 11.8 Å². The van der Waals surface area contributed by atoms with Crippen molar-refractivity contribution in [3.05, 3.63) is 66.1 Å². The van der Waals surface area contributed by atoms with Crippen LogP contribution in [0, 0.1) is 11.3 Å². The summed E-state index contributed by atoms with van der Waals surface area (Å²) in [6.45, 7) is 6.10. The summed E-state index contributed by atoms with van der Waals surface area (Å²) in [6, 6.07) is 13.7. The molecule has 3 N–H and O–H groups in total. The SMILES string of the molecule is CC[C@@H](C)[C@@H](NC(=O)[C@@]1(Cc2ccccc2)CCCN(Cc2[nH]nc3ncc(-c4ccnn4C)cc23)C1)C(=O)NC. The fourth-order valence-corrected chi connectivity index (χ4v) is 6.00. The van der Waals surface area contributed by atoms with Gasteiger partial charge in [0, 0.05) is 50.5 Å². The molecule has 1 saturated heterocycles. The van der Waals surface area contributed by atoms with Gasteiger partial charge in [-0.1, -0.05) is 50.6 Å². The lowest BCUT2D eigenvalue weighted by molar-refractivity contribution is -0.139. The van der Waals surface area contributed by atoms with Crippen LogP contribution in [0.5, 0.6) is 0 Å². The first kappa shape index (κ1) is 28.5. The molecule has 1 aliphatic rings. The van der Waals surface area contributed by atoms with Crippen LogP contribution in [0.25, 0.3) is 22.3 Å². The molecule has 216 valence electrons. The minimum absolute atomic E-state index is 0.0184. The van der Waals surface area contributed by atoms with Gasteiger partial charge in [-0.05, 0) is 49.4 Å². The van der Waals surface area contributed by atoms with Gasteiger partial charge >= 0.3 is 0 Å². The van der Waals surface area contributed by atoms with Gasteiger partial charge < -0.3 is 10.6 Å². The molecule has 1 aliphatic heterocycles. The van der Waals surface area contributed by atoms with Crippen LogP contribution in [0.4, 0.5) is 0 Å². The molecule has 1 aromatic carbocycles. The molecule has 5 rings (SSSR count). The first-order valence-electron chi connectivity index (χ1n) is 14.4. The van der Waals surface area contributed by atoms with Gasteiger partial charge in [-0.15, -0.1) is 0 Å². The summed E-state index contributed by atoms with van der Waals surface area (Å²) in [6.07, 6.45) is 6.61. The van der Waals surface area contributed by atoms with Gasteiger partial charge in [0.05, 0.1) is 16.8 Å². The molecular weight excluding hydrogens is 516 g/mol. The number of H-pyrrole nitrogens is 1. The van der Waals surface area contributed by atoms with Crippen molar-refractivity contribution in [1.29, 1.82) is 0 Å². The van der Waals surface area contributed by atoms with E-state index in [0.717, 1.165) is 53.7 Å². The summed E-state index contributed by atoms with van der Waals surface area (Å²) in [7, 11) is 3.53. The summed E-state index contributed by atoms with van der Waals surface area (Å²) in [5, 5.41) is 18.8. The van der Waals surface area contributed by atoms with Crippen molar-refractivity contribution in [3.8, 4) is 11.3 Å². The summed E-state index contributed by atoms with van der Waals surface area (Å²) in [5.74, 6) is -0.199. The lowest BCUT2D eigenvalue weighted by Gasteiger charge is -2.42. The number of nitrogens with zero attached hydrogens (tertiary/aromatic N) is 5. The number of amides is 2. The average Bonchev–Trinajstić information content (AvgIpc) is 3.61. The Labute approximate surface area is 240 Å². The number of nitrogens with one attached hydrogen (secondary N) is 3. The molecule has 41 heavy (non-hydrogen) atoms. The Morgan fingerprint density at radius 2 is 2.00 bits per heavy atom. The van der Waals surface area contributed by atoms with Crippen LogP contribution in [0.1, 0.15) is 44.4 Å². The lowest BCUT2D eigenvalue weighted by atomic mass is 9.73. The van der Waals surface area contributed by atoms with Crippen LogP contribution >= 0.6 is 0 Å². The molecule has 1 fully saturated rings. The van der Waals surface area contributed by atoms with Crippen LogP contribution in [0.3, 0.4) is 0 Å². The number of aromatic nitrogens is 5. The minimum Gasteiger partial charge on any atom is -0.357 e. The Morgan fingerprint density at radius 3 is 2.71 bits per heavy atom. The number of hydrogen-bond acceptors (Lipinski definition) is 6. The fraction of sp³-hybridized carbons (Fsp3) is 0.452. The highest BCUT2D eigenvalue weighted by atomic mass is 16.2. The molecule has 0 bridgehead atoms. The van der Waals surface area contributed by atoms with Crippen LogP contribution in [0.2, 0.25) is 0 Å². The molecule has 0 saturated carbocycles. The highest BCUT2D eigenvalue weighted by Crippen LogP contribution is 2.36. The smallest absolute Gasteiger partial charge is 0.242 e. The molecule has 10 nitrogen and oxygen atoms in total. The topological polar surface area (TPSA) is 121 Å². The molecule has 3 atom stereocenters. The largest absolute Gasteiger partial charge is 0.357 e. The third-order valence-corrected chi connectivity index (χ3v) is 8.54. The molecule has 0 aliphatic carbocycles. The monoisotopic (exact) mass is 556 g/mol. The number of likely N-dealkylation sites (tertiary alicyclic amines) is 1. The molecule has 3 aromatic heterocycles. The van der Waals surface area contributed by atoms with Crippen LogP contribution in [-0.2, 0) is 29.6 Å². The molecule has 10 heteroatoms. The van der Waals surface area contributed by atoms with E-state index < -0.39 is 11.5 Å². The Bertz CT molecular complexity index is 1500. The van der Waals surface area contributed by atoms with Crippen LogP contribution in [-0.4, -0.2) is 67.9 Å². The highest BCUT2D eigenvalue weighted by molar-refractivity contribution is 5.90. The highest BCUT2D eigenvalue weighted by Gasteiger charge is 2.44. The Hall–Kier alpha value is -4.05. The maximum absolute atomic E-state index is 14.2. The fourth-order valence-electron chi connectivity index (χ4n) is 6.00. The van der Waals surface area contributed by atoms with Crippen molar-refractivity contribution >= 4 is 22.8 Å². The molecule has 4 aromatic rings. The molecular formula is C31H40N8O2. The molecule has 0 radical (unpaired) electrons. The van der Waals surface area contributed by atoms with Crippen LogP contribution < -0.4 is 10.6 Å². The Kier molecular flexibility index (Phi) is 8.49. The predicted molar refractivity (Wildman–Crippen MR) is 159 cm³/mol. The quantitative estimate of drug-likeness (QED) is 0.275. The van der Waals surface area contributed by atoms with Gasteiger partial charge in [-0.2, -0.15) is 10.2 Å². The van der Waals surface area contributed by atoms with Crippen molar-refractivity contribution in [3.63, 3.8) is 0 Å². The number of carbonyl (C=O) groups is 2. The minimum atomic E-state index is -0.673. The number of likely N-dealkylation sites (N-methyl/N-ethyl adjacent to an activating group) is 1. The summed E-state index contributed by atoms with van der Waals surface area (Å²) >= 11 is 0. The van der Waals surface area contributed by atoms with Gasteiger partial charge in [0.1, 0.15) is 6.04 Å². The standard InChI is InChI=1S/C31H40N8O2/c1-5-21(2)27(29(40)32-3)35-30(41)31(17-22-10-7-6-8-11-22)13-9-15-39(20-31)19-25-24-16-23(18-33-28(24)37-36-25)26-12-14-34-38(26)4/h6-8,10-12,14,16,18,21,27H,5,9,13,15,17,19-20H2,1-4H3,(H,32,40)(H,35,41)(H,33,36,37)/t21-,27-,31-/m1/s1. The predicted octanol–water partition coefficient (Wildman–Crippen LogP) is 3.46. The molecule has 2 amide bonds. The molecule has 0 unspecified atom stereocenters. The van der Waals surface area contributed by atoms with Crippen molar-refractivity contribution < 1.29 is 9.59 Å². The van der Waals surface area contributed by atoms with Crippen molar-refractivity contribution in [2.24, 2.45) is 18.4 Å². The number of rotatable bonds is 10. The van der Waals surface area contributed by atoms with E-state index >= 15 is 0 Å². The number of pyridine rings is 1. The second kappa shape index (κ2) is 12.2. The van der Waals surface area contributed by atoms with E-state index in [0.29, 0.717) is 25.2 Å². The maximum Gasteiger partial charge on any atom is 0.242 e. The third kappa shape index (κ3) is 6.02. The van der Waals surface area contributed by atoms with E-state index in [1.807, 2.05) is 56.0 Å². The second-order valence-electron chi connectivity index (χ2n) is 11.3. The van der Waals surface area contributed by atoms with Crippen molar-refractivity contribution in [1.82, 2.24) is 40.5 Å². The first-order valence-corrected chi connectivity index (χ1v) is 14.4. The molecule has 4 heterocycles. The van der Waals surface area contributed by atoms with E-state index in [2.05, 4.69) is 54.0 Å². The van der Waals surface area contributed by atoms with Gasteiger partial charge in [0.15, 0.2) is 5.65 Å². The van der Waals surface area contributed by atoms with Crippen molar-refractivity contribution in [2.45, 2.75) is 52.1 Å². The van der Waals surface area contributed by atoms with Gasteiger partial charge in [-0.25, -0.2) is 4.98 Å². The number of carbonyl (C=O) groups excluding carboxylic acids is 2.